The average Bonchev–Trinajstić information content (AvgIpc) is 2.23. The maximum atomic E-state index is 5.66. The van der Waals surface area contributed by atoms with Crippen LogP contribution >= 0.6 is 0 Å². The first-order chi connectivity index (χ1) is 6.86. The summed E-state index contributed by atoms with van der Waals surface area (Å²) in [4.78, 5) is 3.96. The predicted octanol–water partition coefficient (Wildman–Crippen LogP) is 0.00470. The quantitative estimate of drug-likeness (QED) is 0.729. The number of nitrogens with two attached hydrogens (primary N) is 1. The van der Waals surface area contributed by atoms with Crippen molar-refractivity contribution in [2.24, 2.45) is 0 Å². The smallest absolute Gasteiger partial charge is 0.655 e. The molecule has 1 aromatic heterocycles. The van der Waals surface area contributed by atoms with E-state index in [9.17, 15) is 0 Å². The van der Waals surface area contributed by atoms with Gasteiger partial charge >= 0.3 is 51.4 Å². The fourth-order valence-corrected chi connectivity index (χ4v) is 1.15. The first kappa shape index (κ1) is 12.7. The second-order valence-corrected chi connectivity index (χ2v) is 2.86. The summed E-state index contributed by atoms with van der Waals surface area (Å²) in [6.07, 6.45) is 1.65. The SMILES string of the molecule is Nc1ncccc1[N-]c1ccccc1.[K+]. The Kier molecular flexibility index (Phi) is 5.28. The number of hydrogen-bond donors (Lipinski definition) is 1. The summed E-state index contributed by atoms with van der Waals surface area (Å²) >= 11 is 0. The summed E-state index contributed by atoms with van der Waals surface area (Å²) in [6.45, 7) is 0. The standard InChI is InChI=1S/C11H10N3.K/c12-11-10(7-4-8-13-11)14-9-5-2-1-3-6-9;/h1-8H,(H2,12,13);/q-1;+1. The van der Waals surface area contributed by atoms with Crippen LogP contribution in [0, 0.1) is 0 Å². The molecule has 0 aliphatic rings. The van der Waals surface area contributed by atoms with Gasteiger partial charge in [-0.3, -0.25) is 0 Å². The molecule has 4 heteroatoms. The maximum absolute atomic E-state index is 5.66. The Bertz CT molecular complexity index is 417. The molecule has 0 amide bonds. The summed E-state index contributed by atoms with van der Waals surface area (Å²) in [5, 5.41) is 4.35. The molecule has 0 spiro atoms. The van der Waals surface area contributed by atoms with Gasteiger partial charge in [0.15, 0.2) is 0 Å². The summed E-state index contributed by atoms with van der Waals surface area (Å²) in [7, 11) is 0. The van der Waals surface area contributed by atoms with Gasteiger partial charge < -0.3 is 11.1 Å². The molecule has 70 valence electrons. The Morgan fingerprint density at radius 1 is 1.00 bits per heavy atom. The molecule has 2 rings (SSSR count). The normalized spacial score (nSPS) is 9.07. The molecule has 3 nitrogen and oxygen atoms in total. The van der Waals surface area contributed by atoms with Crippen LogP contribution < -0.4 is 57.1 Å². The number of aromatic nitrogens is 1. The summed E-state index contributed by atoms with van der Waals surface area (Å²) in [5.74, 6) is 0.455. The van der Waals surface area contributed by atoms with Crippen LogP contribution in [0.15, 0.2) is 48.7 Å². The Hall–Kier alpha value is -0.394. The van der Waals surface area contributed by atoms with E-state index in [0.29, 0.717) is 11.5 Å². The fraction of sp³-hybridized carbons (Fsp3) is 0. The molecular formula is C11H10KN3. The molecule has 0 saturated heterocycles. The molecule has 0 bridgehead atoms. The van der Waals surface area contributed by atoms with E-state index in [0.717, 1.165) is 5.69 Å². The Balaban J connectivity index is 0.00000112. The van der Waals surface area contributed by atoms with Gasteiger partial charge in [-0.05, 0) is 6.07 Å². The van der Waals surface area contributed by atoms with E-state index >= 15 is 0 Å². The van der Waals surface area contributed by atoms with Crippen molar-refractivity contribution in [2.75, 3.05) is 5.73 Å². The molecule has 0 atom stereocenters. The van der Waals surface area contributed by atoms with Crippen LogP contribution in [0.1, 0.15) is 0 Å². The van der Waals surface area contributed by atoms with E-state index in [4.69, 9.17) is 5.73 Å². The van der Waals surface area contributed by atoms with Crippen molar-refractivity contribution >= 4 is 17.2 Å². The van der Waals surface area contributed by atoms with Gasteiger partial charge in [-0.15, -0.1) is 5.69 Å². The minimum absolute atomic E-state index is 0. The second-order valence-electron chi connectivity index (χ2n) is 2.86. The summed E-state index contributed by atoms with van der Waals surface area (Å²) in [6, 6.07) is 13.3. The van der Waals surface area contributed by atoms with Crippen molar-refractivity contribution in [2.45, 2.75) is 0 Å². The number of pyridine rings is 1. The van der Waals surface area contributed by atoms with Gasteiger partial charge in [-0.2, -0.15) is 0 Å². The number of para-hydroxylation sites is 1. The molecule has 15 heavy (non-hydrogen) atoms. The van der Waals surface area contributed by atoms with E-state index in [1.165, 1.54) is 0 Å². The van der Waals surface area contributed by atoms with Crippen LogP contribution in [-0.4, -0.2) is 4.98 Å². The summed E-state index contributed by atoms with van der Waals surface area (Å²) < 4.78 is 0. The van der Waals surface area contributed by atoms with E-state index in [1.54, 1.807) is 6.20 Å². The second kappa shape index (κ2) is 6.25. The molecule has 1 aromatic carbocycles. The number of hydrogen-bond acceptors (Lipinski definition) is 2. The maximum Gasteiger partial charge on any atom is 1.00 e. The summed E-state index contributed by atoms with van der Waals surface area (Å²) in [5.41, 5.74) is 7.25. The van der Waals surface area contributed by atoms with Crippen LogP contribution in [0.5, 0.6) is 0 Å². The third-order valence-corrected chi connectivity index (χ3v) is 1.82. The van der Waals surface area contributed by atoms with Gasteiger partial charge in [0.1, 0.15) is 5.82 Å². The van der Waals surface area contributed by atoms with Gasteiger partial charge in [-0.25, -0.2) is 4.98 Å². The number of anilines is 1. The fourth-order valence-electron chi connectivity index (χ4n) is 1.15. The van der Waals surface area contributed by atoms with Gasteiger partial charge in [0.2, 0.25) is 0 Å². The average molecular weight is 223 g/mol. The van der Waals surface area contributed by atoms with Crippen LogP contribution in [0.2, 0.25) is 0 Å². The van der Waals surface area contributed by atoms with Gasteiger partial charge in [0, 0.05) is 6.20 Å². The molecule has 0 aliphatic heterocycles. The molecule has 0 fully saturated rings. The van der Waals surface area contributed by atoms with Crippen molar-refractivity contribution in [3.05, 3.63) is 54.0 Å². The zero-order chi connectivity index (χ0) is 9.80. The van der Waals surface area contributed by atoms with E-state index < -0.39 is 0 Å². The van der Waals surface area contributed by atoms with Crippen molar-refractivity contribution in [1.82, 2.24) is 4.98 Å². The molecule has 2 aromatic rings. The first-order valence-electron chi connectivity index (χ1n) is 4.33. The van der Waals surface area contributed by atoms with Crippen LogP contribution in [-0.2, 0) is 0 Å². The largest absolute Gasteiger partial charge is 1.00 e. The van der Waals surface area contributed by atoms with Crippen molar-refractivity contribution in [3.63, 3.8) is 0 Å². The van der Waals surface area contributed by atoms with E-state index in [-0.39, 0.29) is 51.4 Å². The molecule has 0 unspecified atom stereocenters. The monoisotopic (exact) mass is 223 g/mol. The number of nitrogens with zero attached hydrogens (tertiary/aromatic N) is 2. The Morgan fingerprint density at radius 3 is 2.40 bits per heavy atom. The number of rotatable bonds is 2. The first-order valence-corrected chi connectivity index (χ1v) is 4.33. The third-order valence-electron chi connectivity index (χ3n) is 1.82. The zero-order valence-electron chi connectivity index (χ0n) is 8.59. The van der Waals surface area contributed by atoms with E-state index in [2.05, 4.69) is 10.3 Å². The van der Waals surface area contributed by atoms with Gasteiger partial charge in [-0.1, -0.05) is 42.1 Å². The molecule has 0 aliphatic carbocycles. The van der Waals surface area contributed by atoms with Crippen LogP contribution in [0.3, 0.4) is 0 Å². The third kappa shape index (κ3) is 3.59. The molecule has 0 radical (unpaired) electrons. The van der Waals surface area contributed by atoms with Gasteiger partial charge in [0.25, 0.3) is 0 Å². The van der Waals surface area contributed by atoms with Gasteiger partial charge in [0.05, 0.1) is 0 Å². The molecule has 0 saturated carbocycles. The molecule has 2 N–H and O–H groups in total. The number of nitrogen functional groups attached to an aromatic ring is 1. The Morgan fingerprint density at radius 2 is 1.73 bits per heavy atom. The van der Waals surface area contributed by atoms with Crippen molar-refractivity contribution < 1.29 is 51.4 Å². The van der Waals surface area contributed by atoms with Crippen LogP contribution in [0.4, 0.5) is 17.2 Å². The molecule has 1 heterocycles. The number of benzene rings is 1. The Labute approximate surface area is 132 Å². The van der Waals surface area contributed by atoms with E-state index in [1.807, 2.05) is 42.5 Å². The van der Waals surface area contributed by atoms with Crippen LogP contribution in [0.25, 0.3) is 5.32 Å². The van der Waals surface area contributed by atoms with Crippen molar-refractivity contribution in [1.29, 1.82) is 0 Å². The minimum atomic E-state index is 0. The molecular weight excluding hydrogens is 213 g/mol. The topological polar surface area (TPSA) is 53.0 Å². The zero-order valence-corrected chi connectivity index (χ0v) is 11.7. The van der Waals surface area contributed by atoms with Crippen molar-refractivity contribution in [3.8, 4) is 0 Å². The minimum Gasteiger partial charge on any atom is -0.655 e. The predicted molar refractivity (Wildman–Crippen MR) is 57.8 cm³/mol.